The summed E-state index contributed by atoms with van der Waals surface area (Å²) in [5, 5.41) is 7.94. The number of hydrogen-bond donors (Lipinski definition) is 1. The molecule has 0 amide bonds. The van der Waals surface area contributed by atoms with Crippen molar-refractivity contribution in [3.63, 3.8) is 0 Å². The van der Waals surface area contributed by atoms with Gasteiger partial charge in [-0.2, -0.15) is 0 Å². The number of anilines is 1. The number of aryl methyl sites for hydroxylation is 2. The lowest BCUT2D eigenvalue weighted by Crippen LogP contribution is -2.01. The standard InChI is InChI=1S/C11H12N4/c1-7-3-5-9(6-4-7)10-11(12)13-8(2)14-15-10/h3-6H,1-2H3,(H2,12,13,14). The van der Waals surface area contributed by atoms with Crippen LogP contribution >= 0.6 is 0 Å². The SMILES string of the molecule is Cc1ccc(-c2nnc(C)nc2N)cc1. The molecule has 0 atom stereocenters. The summed E-state index contributed by atoms with van der Waals surface area (Å²) in [6.45, 7) is 3.80. The number of aromatic nitrogens is 3. The Bertz CT molecular complexity index is 476. The summed E-state index contributed by atoms with van der Waals surface area (Å²) in [5.74, 6) is 1.01. The van der Waals surface area contributed by atoms with Crippen LogP contribution in [0.2, 0.25) is 0 Å². The van der Waals surface area contributed by atoms with Crippen molar-refractivity contribution in [1.82, 2.24) is 15.2 Å². The van der Waals surface area contributed by atoms with E-state index in [9.17, 15) is 0 Å². The molecule has 2 rings (SSSR count). The summed E-state index contributed by atoms with van der Waals surface area (Å²) >= 11 is 0. The minimum Gasteiger partial charge on any atom is -0.382 e. The molecule has 76 valence electrons. The summed E-state index contributed by atoms with van der Waals surface area (Å²) in [5.41, 5.74) is 8.56. The number of rotatable bonds is 1. The van der Waals surface area contributed by atoms with Crippen LogP contribution in [0.4, 0.5) is 5.82 Å². The van der Waals surface area contributed by atoms with Crippen LogP contribution in [0.15, 0.2) is 24.3 Å². The summed E-state index contributed by atoms with van der Waals surface area (Å²) in [6.07, 6.45) is 0. The van der Waals surface area contributed by atoms with Gasteiger partial charge in [-0.3, -0.25) is 0 Å². The van der Waals surface area contributed by atoms with Crippen LogP contribution in [-0.2, 0) is 0 Å². The monoisotopic (exact) mass is 200 g/mol. The molecule has 0 bridgehead atoms. The number of hydrogen-bond acceptors (Lipinski definition) is 4. The summed E-state index contributed by atoms with van der Waals surface area (Å²) < 4.78 is 0. The van der Waals surface area contributed by atoms with Gasteiger partial charge in [0.2, 0.25) is 0 Å². The fourth-order valence-electron chi connectivity index (χ4n) is 1.34. The van der Waals surface area contributed by atoms with E-state index < -0.39 is 0 Å². The highest BCUT2D eigenvalue weighted by molar-refractivity contribution is 5.69. The molecule has 2 N–H and O–H groups in total. The Morgan fingerprint density at radius 2 is 1.67 bits per heavy atom. The predicted octanol–water partition coefficient (Wildman–Crippen LogP) is 1.74. The Morgan fingerprint density at radius 1 is 1.00 bits per heavy atom. The second-order valence-corrected chi connectivity index (χ2v) is 3.46. The molecule has 0 aliphatic heterocycles. The van der Waals surface area contributed by atoms with Gasteiger partial charge in [0.1, 0.15) is 11.5 Å². The number of nitrogens with two attached hydrogens (primary N) is 1. The molecule has 2 aromatic rings. The molecule has 0 aliphatic carbocycles. The van der Waals surface area contributed by atoms with E-state index in [0.29, 0.717) is 17.3 Å². The number of nitrogens with zero attached hydrogens (tertiary/aromatic N) is 3. The molecule has 0 saturated carbocycles. The molecule has 0 spiro atoms. The molecule has 0 unspecified atom stereocenters. The molecule has 1 heterocycles. The maximum atomic E-state index is 5.78. The zero-order valence-corrected chi connectivity index (χ0v) is 8.73. The van der Waals surface area contributed by atoms with Crippen molar-refractivity contribution in [2.75, 3.05) is 5.73 Å². The van der Waals surface area contributed by atoms with Gasteiger partial charge in [0.25, 0.3) is 0 Å². The lowest BCUT2D eigenvalue weighted by Gasteiger charge is -2.03. The second-order valence-electron chi connectivity index (χ2n) is 3.46. The van der Waals surface area contributed by atoms with Crippen LogP contribution in [0.1, 0.15) is 11.4 Å². The highest BCUT2D eigenvalue weighted by Crippen LogP contribution is 2.21. The minimum atomic E-state index is 0.423. The molecule has 15 heavy (non-hydrogen) atoms. The molecule has 1 aromatic carbocycles. The third-order valence-electron chi connectivity index (χ3n) is 2.14. The second kappa shape index (κ2) is 3.65. The van der Waals surface area contributed by atoms with Crippen molar-refractivity contribution in [1.29, 1.82) is 0 Å². The first kappa shape index (κ1) is 9.58. The van der Waals surface area contributed by atoms with Crippen LogP contribution in [-0.4, -0.2) is 15.2 Å². The van der Waals surface area contributed by atoms with Gasteiger partial charge in [-0.05, 0) is 13.8 Å². The van der Waals surface area contributed by atoms with Crippen LogP contribution in [0.5, 0.6) is 0 Å². The lowest BCUT2D eigenvalue weighted by atomic mass is 10.1. The molecule has 0 saturated heterocycles. The molecule has 1 aromatic heterocycles. The maximum Gasteiger partial charge on any atom is 0.154 e. The van der Waals surface area contributed by atoms with Gasteiger partial charge in [0.15, 0.2) is 5.82 Å². The Balaban J connectivity index is 2.49. The average Bonchev–Trinajstić information content (AvgIpc) is 2.20. The molecule has 4 nitrogen and oxygen atoms in total. The van der Waals surface area contributed by atoms with E-state index in [0.717, 1.165) is 5.56 Å². The van der Waals surface area contributed by atoms with Crippen molar-refractivity contribution in [3.05, 3.63) is 35.7 Å². The van der Waals surface area contributed by atoms with Gasteiger partial charge >= 0.3 is 0 Å². The van der Waals surface area contributed by atoms with E-state index in [1.165, 1.54) is 5.56 Å². The van der Waals surface area contributed by atoms with Gasteiger partial charge in [0, 0.05) is 5.56 Å². The molecule has 0 fully saturated rings. The van der Waals surface area contributed by atoms with Crippen LogP contribution in [0, 0.1) is 13.8 Å². The quantitative estimate of drug-likeness (QED) is 0.761. The summed E-state index contributed by atoms with van der Waals surface area (Å²) in [4.78, 5) is 4.08. The molecule has 0 aliphatic rings. The fourth-order valence-corrected chi connectivity index (χ4v) is 1.34. The van der Waals surface area contributed by atoms with Crippen LogP contribution in [0.3, 0.4) is 0 Å². The molecular formula is C11H12N4. The largest absolute Gasteiger partial charge is 0.382 e. The maximum absolute atomic E-state index is 5.78. The van der Waals surface area contributed by atoms with E-state index in [1.54, 1.807) is 6.92 Å². The lowest BCUT2D eigenvalue weighted by molar-refractivity contribution is 0.920. The van der Waals surface area contributed by atoms with Crippen LogP contribution in [0.25, 0.3) is 11.3 Å². The van der Waals surface area contributed by atoms with Gasteiger partial charge in [-0.25, -0.2) is 4.98 Å². The first-order valence-corrected chi connectivity index (χ1v) is 4.70. The van der Waals surface area contributed by atoms with Gasteiger partial charge in [0.05, 0.1) is 0 Å². The van der Waals surface area contributed by atoms with Crippen molar-refractivity contribution in [3.8, 4) is 11.3 Å². The Labute approximate surface area is 88.2 Å². The predicted molar refractivity (Wildman–Crippen MR) is 59.1 cm³/mol. The topological polar surface area (TPSA) is 64.7 Å². The minimum absolute atomic E-state index is 0.423. The van der Waals surface area contributed by atoms with Crippen molar-refractivity contribution in [2.45, 2.75) is 13.8 Å². The van der Waals surface area contributed by atoms with Crippen LogP contribution < -0.4 is 5.73 Å². The van der Waals surface area contributed by atoms with E-state index in [-0.39, 0.29) is 0 Å². The highest BCUT2D eigenvalue weighted by atomic mass is 15.2. The van der Waals surface area contributed by atoms with E-state index >= 15 is 0 Å². The van der Waals surface area contributed by atoms with Crippen molar-refractivity contribution in [2.24, 2.45) is 0 Å². The Morgan fingerprint density at radius 3 is 2.27 bits per heavy atom. The Kier molecular flexibility index (Phi) is 2.33. The van der Waals surface area contributed by atoms with E-state index in [1.807, 2.05) is 31.2 Å². The summed E-state index contributed by atoms with van der Waals surface area (Å²) in [6, 6.07) is 7.95. The van der Waals surface area contributed by atoms with Crippen molar-refractivity contribution >= 4 is 5.82 Å². The third-order valence-corrected chi connectivity index (χ3v) is 2.14. The van der Waals surface area contributed by atoms with Crippen molar-refractivity contribution < 1.29 is 0 Å². The zero-order chi connectivity index (χ0) is 10.8. The van der Waals surface area contributed by atoms with E-state index in [4.69, 9.17) is 5.73 Å². The molecule has 4 heteroatoms. The van der Waals surface area contributed by atoms with E-state index in [2.05, 4.69) is 15.2 Å². The summed E-state index contributed by atoms with van der Waals surface area (Å²) in [7, 11) is 0. The fraction of sp³-hybridized carbons (Fsp3) is 0.182. The Hall–Kier alpha value is -1.97. The average molecular weight is 200 g/mol. The number of nitrogen functional groups attached to an aromatic ring is 1. The molecule has 0 radical (unpaired) electrons. The highest BCUT2D eigenvalue weighted by Gasteiger charge is 2.06. The van der Waals surface area contributed by atoms with Gasteiger partial charge < -0.3 is 5.73 Å². The molecular weight excluding hydrogens is 188 g/mol. The first-order chi connectivity index (χ1) is 7.16. The number of benzene rings is 1. The normalized spacial score (nSPS) is 10.3. The first-order valence-electron chi connectivity index (χ1n) is 4.70. The van der Waals surface area contributed by atoms with Gasteiger partial charge in [-0.15, -0.1) is 10.2 Å². The zero-order valence-electron chi connectivity index (χ0n) is 8.73. The van der Waals surface area contributed by atoms with Gasteiger partial charge in [-0.1, -0.05) is 29.8 Å². The smallest absolute Gasteiger partial charge is 0.154 e. The third kappa shape index (κ3) is 1.93.